The number of para-hydroxylation sites is 1. The lowest BCUT2D eigenvalue weighted by atomic mass is 9.66. The Morgan fingerprint density at radius 3 is 2.16 bits per heavy atom. The molecule has 0 aromatic heterocycles. The van der Waals surface area contributed by atoms with Crippen LogP contribution >= 0.6 is 11.6 Å². The van der Waals surface area contributed by atoms with E-state index in [1.807, 2.05) is 39.8 Å². The van der Waals surface area contributed by atoms with Gasteiger partial charge in [0.15, 0.2) is 0 Å². The van der Waals surface area contributed by atoms with Gasteiger partial charge in [-0.2, -0.15) is 0 Å². The Bertz CT molecular complexity index is 962. The van der Waals surface area contributed by atoms with Crippen molar-refractivity contribution in [1.82, 2.24) is 4.90 Å². The highest BCUT2D eigenvalue weighted by molar-refractivity contribution is 6.30. The number of aliphatic hydroxyl groups is 1. The zero-order chi connectivity index (χ0) is 23.7. The number of hydrogen-bond acceptors (Lipinski definition) is 3. The van der Waals surface area contributed by atoms with Gasteiger partial charge in [-0.25, -0.2) is 4.79 Å². The summed E-state index contributed by atoms with van der Waals surface area (Å²) in [5, 5.41) is 22.1. The summed E-state index contributed by atoms with van der Waals surface area (Å²) in [5.74, 6) is -0.489. The molecule has 1 saturated heterocycles. The highest BCUT2D eigenvalue weighted by Crippen LogP contribution is 2.46. The van der Waals surface area contributed by atoms with Crippen LogP contribution in [0.2, 0.25) is 5.02 Å². The van der Waals surface area contributed by atoms with Gasteiger partial charge >= 0.3 is 6.09 Å². The Labute approximate surface area is 194 Å². The third-order valence-corrected chi connectivity index (χ3v) is 6.74. The smallest absolute Gasteiger partial charge is 0.412 e. The minimum Gasteiger partial charge on any atom is -0.465 e. The van der Waals surface area contributed by atoms with Crippen molar-refractivity contribution in [3.8, 4) is 0 Å². The number of nitrogens with zero attached hydrogens (tertiary/aromatic N) is 2. The van der Waals surface area contributed by atoms with Gasteiger partial charge in [0.1, 0.15) is 6.04 Å². The standard InChI is InChI=1S/C25H31ClN2O4/c1-17(2)21(28(23(30)31)20-8-6-5-7-9-20)22(29)27-15-14-25(32,24(3,4)16-27)18-10-12-19(26)13-11-18/h5-13,17,21,32H,14-16H2,1-4H3,(H,30,31)/t21-,25+/m1/s1. The third-order valence-electron chi connectivity index (χ3n) is 6.49. The number of amides is 2. The molecule has 6 nitrogen and oxygen atoms in total. The van der Waals surface area contributed by atoms with Crippen molar-refractivity contribution in [2.75, 3.05) is 18.0 Å². The van der Waals surface area contributed by atoms with Gasteiger partial charge in [-0.15, -0.1) is 0 Å². The summed E-state index contributed by atoms with van der Waals surface area (Å²) in [4.78, 5) is 28.7. The molecule has 2 atom stereocenters. The number of rotatable bonds is 5. The van der Waals surface area contributed by atoms with Crippen molar-refractivity contribution in [1.29, 1.82) is 0 Å². The monoisotopic (exact) mass is 458 g/mol. The molecule has 2 amide bonds. The fourth-order valence-corrected chi connectivity index (χ4v) is 4.76. The van der Waals surface area contributed by atoms with Gasteiger partial charge in [-0.05, 0) is 42.2 Å². The highest BCUT2D eigenvalue weighted by atomic mass is 35.5. The molecular weight excluding hydrogens is 428 g/mol. The second kappa shape index (κ2) is 9.12. The zero-order valence-corrected chi connectivity index (χ0v) is 19.7. The first-order chi connectivity index (χ1) is 15.0. The number of hydrogen-bond donors (Lipinski definition) is 2. The van der Waals surface area contributed by atoms with Crippen molar-refractivity contribution < 1.29 is 19.8 Å². The predicted octanol–water partition coefficient (Wildman–Crippen LogP) is 5.00. The fourth-order valence-electron chi connectivity index (χ4n) is 4.63. The molecule has 2 aromatic rings. The summed E-state index contributed by atoms with van der Waals surface area (Å²) in [7, 11) is 0. The number of carbonyl (C=O) groups excluding carboxylic acids is 1. The van der Waals surface area contributed by atoms with Gasteiger partial charge < -0.3 is 15.1 Å². The molecule has 2 aromatic carbocycles. The molecule has 0 bridgehead atoms. The van der Waals surface area contributed by atoms with E-state index in [0.29, 0.717) is 30.2 Å². The highest BCUT2D eigenvalue weighted by Gasteiger charge is 2.51. The first-order valence-corrected chi connectivity index (χ1v) is 11.2. The Kier molecular flexibility index (Phi) is 6.86. The largest absolute Gasteiger partial charge is 0.465 e. The molecule has 0 aliphatic carbocycles. The topological polar surface area (TPSA) is 81.1 Å². The number of carboxylic acid groups (broad SMARTS) is 1. The minimum atomic E-state index is -1.17. The van der Waals surface area contributed by atoms with E-state index in [4.69, 9.17) is 11.6 Å². The van der Waals surface area contributed by atoms with Crippen molar-refractivity contribution >= 4 is 29.3 Å². The number of piperidine rings is 1. The van der Waals surface area contributed by atoms with Crippen LogP contribution in [0.15, 0.2) is 54.6 Å². The Hall–Kier alpha value is -2.57. The maximum absolute atomic E-state index is 13.7. The van der Waals surface area contributed by atoms with Gasteiger partial charge in [-0.1, -0.05) is 69.6 Å². The molecule has 1 aliphatic rings. The maximum Gasteiger partial charge on any atom is 0.412 e. The van der Waals surface area contributed by atoms with Crippen molar-refractivity contribution in [3.63, 3.8) is 0 Å². The van der Waals surface area contributed by atoms with E-state index in [1.54, 1.807) is 47.4 Å². The summed E-state index contributed by atoms with van der Waals surface area (Å²) < 4.78 is 0. The molecule has 172 valence electrons. The van der Waals surface area contributed by atoms with Crippen molar-refractivity contribution in [3.05, 3.63) is 65.2 Å². The average Bonchev–Trinajstić information content (AvgIpc) is 2.74. The second-order valence-corrected chi connectivity index (χ2v) is 9.87. The lowest BCUT2D eigenvalue weighted by Crippen LogP contribution is -2.61. The zero-order valence-electron chi connectivity index (χ0n) is 19.0. The quantitative estimate of drug-likeness (QED) is 0.661. The number of halogens is 1. The summed E-state index contributed by atoms with van der Waals surface area (Å²) in [5.41, 5.74) is -0.568. The van der Waals surface area contributed by atoms with Gasteiger partial charge in [0.05, 0.1) is 5.60 Å². The van der Waals surface area contributed by atoms with E-state index in [1.165, 1.54) is 0 Å². The molecule has 2 N–H and O–H groups in total. The van der Waals surface area contributed by atoms with Crippen molar-refractivity contribution in [2.45, 2.75) is 45.8 Å². The molecule has 0 saturated carbocycles. The van der Waals surface area contributed by atoms with Crippen LogP contribution in [0.25, 0.3) is 0 Å². The maximum atomic E-state index is 13.7. The van der Waals surface area contributed by atoms with Gasteiger partial charge in [0, 0.05) is 29.2 Å². The van der Waals surface area contributed by atoms with Crippen LogP contribution in [0.5, 0.6) is 0 Å². The molecule has 3 rings (SSSR count). The normalized spacial score (nSPS) is 21.3. The molecule has 1 aliphatic heterocycles. The number of anilines is 1. The van der Waals surface area contributed by atoms with E-state index >= 15 is 0 Å². The molecule has 32 heavy (non-hydrogen) atoms. The van der Waals surface area contributed by atoms with E-state index < -0.39 is 23.2 Å². The summed E-state index contributed by atoms with van der Waals surface area (Å²) >= 11 is 6.01. The lowest BCUT2D eigenvalue weighted by Gasteiger charge is -2.51. The third kappa shape index (κ3) is 4.48. The predicted molar refractivity (Wildman–Crippen MR) is 126 cm³/mol. The Morgan fingerprint density at radius 1 is 1.06 bits per heavy atom. The number of likely N-dealkylation sites (tertiary alicyclic amines) is 1. The number of benzene rings is 2. The first kappa shape index (κ1) is 24.1. The second-order valence-electron chi connectivity index (χ2n) is 9.44. The van der Waals surface area contributed by atoms with Crippen LogP contribution in [0, 0.1) is 11.3 Å². The Morgan fingerprint density at radius 2 is 1.66 bits per heavy atom. The van der Waals surface area contributed by atoms with Gasteiger partial charge in [-0.3, -0.25) is 9.69 Å². The van der Waals surface area contributed by atoms with E-state index in [2.05, 4.69) is 0 Å². The van der Waals surface area contributed by atoms with Gasteiger partial charge in [0.2, 0.25) is 5.91 Å². The van der Waals surface area contributed by atoms with Crippen molar-refractivity contribution in [2.24, 2.45) is 11.3 Å². The van der Waals surface area contributed by atoms with Crippen LogP contribution < -0.4 is 4.90 Å². The van der Waals surface area contributed by atoms with Crippen LogP contribution in [-0.4, -0.2) is 46.2 Å². The minimum absolute atomic E-state index is 0.237. The average molecular weight is 459 g/mol. The van der Waals surface area contributed by atoms with Crippen LogP contribution in [-0.2, 0) is 10.4 Å². The fraction of sp³-hybridized carbons (Fsp3) is 0.440. The van der Waals surface area contributed by atoms with Crippen LogP contribution in [0.3, 0.4) is 0 Å². The molecular formula is C25H31ClN2O4. The molecule has 0 spiro atoms. The molecule has 1 fully saturated rings. The van der Waals surface area contributed by atoms with Crippen LogP contribution in [0.1, 0.15) is 39.7 Å². The molecule has 1 heterocycles. The molecule has 0 radical (unpaired) electrons. The Balaban J connectivity index is 1.89. The summed E-state index contributed by atoms with van der Waals surface area (Å²) in [6.07, 6.45) is -0.825. The first-order valence-electron chi connectivity index (χ1n) is 10.8. The summed E-state index contributed by atoms with van der Waals surface area (Å²) in [6, 6.07) is 15.0. The SMILES string of the molecule is CC(C)[C@H](C(=O)N1CC[C@](O)(c2ccc(Cl)cc2)C(C)(C)C1)N(C(=O)O)c1ccccc1. The molecule has 0 unspecified atom stereocenters. The molecule has 7 heteroatoms. The van der Waals surface area contributed by atoms with E-state index in [0.717, 1.165) is 10.5 Å². The number of carbonyl (C=O) groups is 2. The lowest BCUT2D eigenvalue weighted by molar-refractivity contribution is -0.155. The van der Waals surface area contributed by atoms with E-state index in [9.17, 15) is 19.8 Å². The van der Waals surface area contributed by atoms with Crippen LogP contribution in [0.4, 0.5) is 10.5 Å². The van der Waals surface area contributed by atoms with E-state index in [-0.39, 0.29) is 11.8 Å². The summed E-state index contributed by atoms with van der Waals surface area (Å²) in [6.45, 7) is 8.18. The van der Waals surface area contributed by atoms with Gasteiger partial charge in [0.25, 0.3) is 0 Å².